The van der Waals surface area contributed by atoms with Gasteiger partial charge in [-0.25, -0.2) is 30.2 Å². The van der Waals surface area contributed by atoms with Gasteiger partial charge in [-0.15, -0.1) is 0 Å². The van der Waals surface area contributed by atoms with E-state index in [0.717, 1.165) is 50.4 Å². The zero-order chi connectivity index (χ0) is 66.4. The predicted octanol–water partition coefficient (Wildman–Crippen LogP) is 10.6. The number of carbonyl (C=O) groups is 2. The summed E-state index contributed by atoms with van der Waals surface area (Å²) in [5.74, 6) is -14.3. The van der Waals surface area contributed by atoms with Crippen molar-refractivity contribution in [2.24, 2.45) is 5.92 Å². The first-order valence-corrected chi connectivity index (χ1v) is 33.6. The standard InChI is InChI=1S/C53H58ClF10N7O13P2S2/c1-26-16-30(24-85(74,75)76)43(38(17-26)84-86(77,78)79)49(4,5)22-40(73)71(88(9,82)83)48-42-36(54)13-12-35(45(42)70(68-48)25-51(57,58)59)34-11-10-33(14-15-50(6,7)87(8,80)81)65-44(34)37(20-29-18-31(55)21-32(56)19-29)66-39(72)23-69-47-41(46(67-69)53(62,63)64)27(2)28(3)52(47,60)61/h10-13,16-19,21,27-28,37H,14-15,20,22-25H2,1-9H3,(H,66,72)(H2,74,75,76)(H2,77,78,79)/t27-,28+,37-/m0/s1. The van der Waals surface area contributed by atoms with Crippen LogP contribution in [-0.4, -0.2) is 96.2 Å². The van der Waals surface area contributed by atoms with E-state index < -0.39 is 198 Å². The van der Waals surface area contributed by atoms with Crippen molar-refractivity contribution in [3.63, 3.8) is 0 Å². The Labute approximate surface area is 502 Å². The van der Waals surface area contributed by atoms with Gasteiger partial charge in [0, 0.05) is 58.0 Å². The molecule has 88 heavy (non-hydrogen) atoms. The van der Waals surface area contributed by atoms with Gasteiger partial charge < -0.3 is 19.6 Å². The molecule has 0 radical (unpaired) electrons. The van der Waals surface area contributed by atoms with Gasteiger partial charge in [-0.05, 0) is 93.0 Å². The molecule has 0 saturated heterocycles. The van der Waals surface area contributed by atoms with E-state index in [4.69, 9.17) is 21.1 Å². The maximum Gasteiger partial charge on any atom is 0.524 e. The Hall–Kier alpha value is -5.98. The monoisotopic (exact) mass is 1350 g/mol. The molecule has 2 amide bonds. The number of pyridine rings is 1. The molecule has 0 bridgehead atoms. The molecule has 5 N–H and O–H groups in total. The normalized spacial score (nSPS) is 16.5. The molecule has 0 spiro atoms. The summed E-state index contributed by atoms with van der Waals surface area (Å²) in [6.45, 7) is 5.09. The molecule has 20 nitrogen and oxygen atoms in total. The molecule has 35 heteroatoms. The number of sulfonamides is 1. The number of aromatic nitrogens is 5. The van der Waals surface area contributed by atoms with Crippen molar-refractivity contribution in [2.45, 2.75) is 134 Å². The van der Waals surface area contributed by atoms with Crippen LogP contribution in [0.4, 0.5) is 49.7 Å². The van der Waals surface area contributed by atoms with E-state index >= 15 is 17.6 Å². The maximum atomic E-state index is 16.0. The Bertz CT molecular complexity index is 4050. The average Bonchev–Trinajstić information content (AvgIpc) is 1.56. The number of nitrogens with one attached hydrogen (secondary N) is 1. The minimum absolute atomic E-state index is 0.0273. The van der Waals surface area contributed by atoms with Crippen LogP contribution >= 0.6 is 27.0 Å². The Morgan fingerprint density at radius 2 is 1.48 bits per heavy atom. The van der Waals surface area contributed by atoms with Crippen molar-refractivity contribution in [3.8, 4) is 16.9 Å². The van der Waals surface area contributed by atoms with Crippen LogP contribution in [0, 0.1) is 24.5 Å². The molecule has 7 rings (SSSR count). The number of alkyl halides is 8. The average molecular weight is 1350 g/mol. The number of anilines is 1. The summed E-state index contributed by atoms with van der Waals surface area (Å²) in [5, 5.41) is 8.53. The molecule has 3 heterocycles. The fourth-order valence-electron chi connectivity index (χ4n) is 10.7. The molecule has 6 aromatic rings. The van der Waals surface area contributed by atoms with Gasteiger partial charge in [0.25, 0.3) is 5.92 Å². The summed E-state index contributed by atoms with van der Waals surface area (Å²) >= 11 is 6.80. The quantitative estimate of drug-likeness (QED) is 0.0331. The number of carbonyl (C=O) groups excluding carboxylic acids is 2. The number of sulfone groups is 1. The lowest BCUT2D eigenvalue weighted by molar-refractivity contribution is -0.143. The van der Waals surface area contributed by atoms with Crippen molar-refractivity contribution < 1.29 is 104 Å². The number of aryl methyl sites for hydroxylation is 2. The zero-order valence-electron chi connectivity index (χ0n) is 47.9. The van der Waals surface area contributed by atoms with Crippen LogP contribution in [0.25, 0.3) is 22.0 Å². The topological polar surface area (TPSA) is 291 Å². The number of benzene rings is 3. The number of phosphoric ester groups is 1. The highest BCUT2D eigenvalue weighted by Gasteiger charge is 2.58. The van der Waals surface area contributed by atoms with E-state index in [1.54, 1.807) is 0 Å². The molecule has 3 atom stereocenters. The first kappa shape index (κ1) is 69.5. The molecule has 1 aliphatic carbocycles. The number of phosphoric acid groups is 1. The van der Waals surface area contributed by atoms with E-state index in [1.807, 2.05) is 0 Å². The lowest BCUT2D eigenvalue weighted by atomic mass is 9.78. The second-order valence-electron chi connectivity index (χ2n) is 22.9. The number of fused-ring (bicyclic) bond motifs is 2. The third-order valence-corrected chi connectivity index (χ3v) is 19.8. The molecule has 0 aliphatic heterocycles. The first-order chi connectivity index (χ1) is 39.9. The van der Waals surface area contributed by atoms with Crippen LogP contribution < -0.4 is 14.1 Å². The minimum atomic E-state index is -5.51. The SMILES string of the molecule is Cc1cc(CP(=O)(O)O)c(C(C)(C)CC(=O)N(c2nn(CC(F)(F)F)c3c(-c4ccc(CCC(C)(C)S(C)(=O)=O)nc4[C@H](Cc4cc(F)cc(F)c4)NC(=O)Cn4nc(C(F)(F)F)c5c4C(F)(F)[C@H](C)[C@@H]5C)ccc(Cl)c23)S(C)(=O)=O)c(OP(=O)(O)O)c1. The van der Waals surface area contributed by atoms with E-state index in [9.17, 15) is 81.5 Å². The van der Waals surface area contributed by atoms with Crippen molar-refractivity contribution >= 4 is 75.4 Å². The highest BCUT2D eigenvalue weighted by Crippen LogP contribution is 2.56. The Balaban J connectivity index is 1.49. The van der Waals surface area contributed by atoms with Gasteiger partial charge in [-0.3, -0.25) is 38.3 Å². The van der Waals surface area contributed by atoms with Gasteiger partial charge in [-0.2, -0.15) is 49.6 Å². The third kappa shape index (κ3) is 15.2. The number of amides is 2. The van der Waals surface area contributed by atoms with Crippen molar-refractivity contribution in [3.05, 3.63) is 122 Å². The van der Waals surface area contributed by atoms with Crippen molar-refractivity contribution in [1.29, 1.82) is 0 Å². The lowest BCUT2D eigenvalue weighted by Gasteiger charge is -2.31. The molecular formula is C53H58ClF10N7O13P2S2. The summed E-state index contributed by atoms with van der Waals surface area (Å²) in [5.41, 5.74) is -8.75. The summed E-state index contributed by atoms with van der Waals surface area (Å²) in [6, 6.07) is 6.91. The maximum absolute atomic E-state index is 16.0. The third-order valence-electron chi connectivity index (χ3n) is 15.0. The number of nitrogens with zero attached hydrogens (tertiary/aromatic N) is 6. The molecule has 3 aromatic heterocycles. The van der Waals surface area contributed by atoms with Crippen LogP contribution in [0.5, 0.6) is 5.75 Å². The minimum Gasteiger partial charge on any atom is -0.404 e. The second-order valence-corrected chi connectivity index (χ2v) is 30.6. The molecule has 0 saturated carbocycles. The van der Waals surface area contributed by atoms with Gasteiger partial charge >= 0.3 is 27.8 Å². The smallest absolute Gasteiger partial charge is 0.404 e. The van der Waals surface area contributed by atoms with Crippen LogP contribution in [0.3, 0.4) is 0 Å². The number of hydrogen-bond donors (Lipinski definition) is 5. The summed E-state index contributed by atoms with van der Waals surface area (Å²) in [6.07, 6.45) is -12.6. The largest absolute Gasteiger partial charge is 0.524 e. The van der Waals surface area contributed by atoms with Crippen molar-refractivity contribution in [2.75, 3.05) is 16.8 Å². The Kier molecular flexibility index (Phi) is 19.0. The van der Waals surface area contributed by atoms with Gasteiger partial charge in [0.1, 0.15) is 36.2 Å². The van der Waals surface area contributed by atoms with Crippen LogP contribution in [-0.2, 0) is 88.2 Å². The van der Waals surface area contributed by atoms with Crippen LogP contribution in [0.15, 0.2) is 54.6 Å². The molecule has 3 aromatic carbocycles. The number of rotatable bonds is 21. The Morgan fingerprint density at radius 3 is 2.02 bits per heavy atom. The fraction of sp³-hybridized carbons (Fsp3) is 0.453. The number of hydrogen-bond acceptors (Lipinski definition) is 12. The highest BCUT2D eigenvalue weighted by atomic mass is 35.5. The van der Waals surface area contributed by atoms with Gasteiger partial charge in [-0.1, -0.05) is 57.5 Å². The van der Waals surface area contributed by atoms with Gasteiger partial charge in [0.05, 0.1) is 44.8 Å². The van der Waals surface area contributed by atoms with E-state index in [1.165, 1.54) is 52.8 Å². The fourth-order valence-corrected chi connectivity index (χ4v) is 13.4. The molecular weight excluding hydrogens is 1290 g/mol. The summed E-state index contributed by atoms with van der Waals surface area (Å²) < 4.78 is 233. The predicted molar refractivity (Wildman–Crippen MR) is 300 cm³/mol. The van der Waals surface area contributed by atoms with Gasteiger partial charge in [0.15, 0.2) is 21.3 Å². The zero-order valence-corrected chi connectivity index (χ0v) is 52.1. The molecule has 482 valence electrons. The summed E-state index contributed by atoms with van der Waals surface area (Å²) in [7, 11) is -19.5. The number of halogens is 11. The van der Waals surface area contributed by atoms with Crippen molar-refractivity contribution in [1.82, 2.24) is 29.9 Å². The lowest BCUT2D eigenvalue weighted by Crippen LogP contribution is -2.40. The molecule has 0 fully saturated rings. The van der Waals surface area contributed by atoms with Crippen LogP contribution in [0.1, 0.15) is 117 Å². The summed E-state index contributed by atoms with van der Waals surface area (Å²) in [4.78, 5) is 73.9. The first-order valence-electron chi connectivity index (χ1n) is 26.1. The molecule has 0 unspecified atom stereocenters. The molecule has 1 aliphatic rings. The van der Waals surface area contributed by atoms with E-state index in [2.05, 4.69) is 15.5 Å². The highest BCUT2D eigenvalue weighted by molar-refractivity contribution is 7.93. The van der Waals surface area contributed by atoms with E-state index in [-0.39, 0.29) is 54.5 Å². The van der Waals surface area contributed by atoms with Crippen LogP contribution in [0.2, 0.25) is 5.02 Å². The Morgan fingerprint density at radius 1 is 0.875 bits per heavy atom. The second kappa shape index (κ2) is 24.0. The van der Waals surface area contributed by atoms with E-state index in [0.29, 0.717) is 12.3 Å². The van der Waals surface area contributed by atoms with Gasteiger partial charge in [0.2, 0.25) is 21.8 Å².